The van der Waals surface area contributed by atoms with E-state index in [4.69, 9.17) is 0 Å². The Kier molecular flexibility index (Phi) is 32.4. The second-order valence-corrected chi connectivity index (χ2v) is 7.22. The van der Waals surface area contributed by atoms with Crippen LogP contribution in [0.15, 0.2) is 107 Å². The zero-order chi connectivity index (χ0) is 27.2. The van der Waals surface area contributed by atoms with E-state index in [0.717, 1.165) is 0 Å². The monoisotopic (exact) mass is 476 g/mol. The smallest absolute Gasteiger partial charge is 0.0487 e. The topological polar surface area (TPSA) is 24.7 Å². The third-order valence-corrected chi connectivity index (χ3v) is 3.52. The van der Waals surface area contributed by atoms with Gasteiger partial charge in [-0.3, -0.25) is 0 Å². The second-order valence-electron chi connectivity index (χ2n) is 7.22. The summed E-state index contributed by atoms with van der Waals surface area (Å²) in [7, 11) is 3.28. The lowest BCUT2D eigenvalue weighted by Crippen LogP contribution is -1.67. The molecule has 4 rings (SSSR count). The largest absolute Gasteiger partial charge is 0.198 e. The number of hydrogen-bond donors (Lipinski definition) is 0. The van der Waals surface area contributed by atoms with Gasteiger partial charge in [0.15, 0.2) is 0 Å². The zero-order valence-electron chi connectivity index (χ0n) is 24.3. The van der Waals surface area contributed by atoms with Gasteiger partial charge in [-0.05, 0) is 21.5 Å². The third-order valence-electron chi connectivity index (χ3n) is 3.52. The van der Waals surface area contributed by atoms with Gasteiger partial charge in [0.2, 0.25) is 0 Å². The Labute approximate surface area is 217 Å². The Balaban J connectivity index is -0.000000382. The molecule has 194 valence electrons. The maximum absolute atomic E-state index is 3.36. The minimum atomic E-state index is 1.25. The first kappa shape index (κ1) is 36.6. The van der Waals surface area contributed by atoms with E-state index in [1.54, 1.807) is 14.1 Å². The summed E-state index contributed by atoms with van der Waals surface area (Å²) in [6.45, 7) is 16.8. The van der Waals surface area contributed by atoms with Gasteiger partial charge in [-0.15, -0.1) is 0 Å². The standard InChI is InChI=1S/2C10H8.3C3H8.C2H6N2.C2H6/c2*1-2-6-10-8-4-3-7-9(10)5-1;3*1-3-2;1-3-4-2;1-2/h2*1-8H;3*3H2,1-2H3;1-2H3;1-2H3. The fraction of sp³-hybridized carbons (Fsp3) is 0.394. The number of hydrogen-bond acceptors (Lipinski definition) is 2. The minimum absolute atomic E-state index is 1.25. The SMILES string of the molecule is CC.CCC.CCC.CCC.CN=NC.c1ccc2ccccc2c1.c1ccc2ccccc2c1. The molecule has 0 aliphatic heterocycles. The van der Waals surface area contributed by atoms with Crippen molar-refractivity contribution in [2.75, 3.05) is 14.1 Å². The Bertz CT molecular complexity index is 734. The van der Waals surface area contributed by atoms with Gasteiger partial charge in [-0.25, -0.2) is 0 Å². The van der Waals surface area contributed by atoms with Crippen molar-refractivity contribution in [1.82, 2.24) is 0 Å². The van der Waals surface area contributed by atoms with E-state index in [1.165, 1.54) is 40.8 Å². The van der Waals surface area contributed by atoms with Gasteiger partial charge in [-0.1, -0.05) is 172 Å². The number of rotatable bonds is 0. The molecule has 0 saturated heterocycles. The predicted molar refractivity (Wildman–Crippen MR) is 164 cm³/mol. The van der Waals surface area contributed by atoms with Crippen LogP contribution in [0.3, 0.4) is 0 Å². The van der Waals surface area contributed by atoms with Crippen molar-refractivity contribution in [3.05, 3.63) is 97.1 Å². The molecule has 0 aromatic heterocycles. The van der Waals surface area contributed by atoms with Gasteiger partial charge in [0.25, 0.3) is 0 Å². The molecule has 0 aliphatic rings. The highest BCUT2D eigenvalue weighted by Gasteiger charge is 1.86. The van der Waals surface area contributed by atoms with E-state index in [-0.39, 0.29) is 0 Å². The van der Waals surface area contributed by atoms with Crippen molar-refractivity contribution in [2.45, 2.75) is 74.7 Å². The predicted octanol–water partition coefficient (Wildman–Crippen LogP) is 11.7. The molecule has 2 heteroatoms. The van der Waals surface area contributed by atoms with Crippen LogP contribution in [0.5, 0.6) is 0 Å². The fourth-order valence-corrected chi connectivity index (χ4v) is 2.27. The Morgan fingerprint density at radius 3 is 0.571 bits per heavy atom. The van der Waals surface area contributed by atoms with Gasteiger partial charge in [0.1, 0.15) is 0 Å². The second kappa shape index (κ2) is 31.0. The van der Waals surface area contributed by atoms with E-state index in [9.17, 15) is 0 Å². The van der Waals surface area contributed by atoms with Crippen LogP contribution in [-0.4, -0.2) is 14.1 Å². The van der Waals surface area contributed by atoms with Gasteiger partial charge in [0.05, 0.1) is 0 Å². The first-order valence-corrected chi connectivity index (χ1v) is 13.1. The molecule has 2 nitrogen and oxygen atoms in total. The lowest BCUT2D eigenvalue weighted by Gasteiger charge is -1.92. The Hall–Kier alpha value is -3.00. The molecule has 0 atom stereocenters. The number of azo groups is 1. The maximum atomic E-state index is 3.36. The van der Waals surface area contributed by atoms with Crippen LogP contribution < -0.4 is 0 Å². The lowest BCUT2D eigenvalue weighted by atomic mass is 10.1. The number of nitrogens with zero attached hydrogens (tertiary/aromatic N) is 2. The van der Waals surface area contributed by atoms with Crippen LogP contribution >= 0.6 is 0 Å². The van der Waals surface area contributed by atoms with E-state index in [1.807, 2.05) is 13.8 Å². The van der Waals surface area contributed by atoms with Gasteiger partial charge < -0.3 is 0 Å². The van der Waals surface area contributed by atoms with Crippen LogP contribution in [0.1, 0.15) is 74.7 Å². The molecule has 0 saturated carbocycles. The van der Waals surface area contributed by atoms with Crippen molar-refractivity contribution in [3.8, 4) is 0 Å². The summed E-state index contributed by atoms with van der Waals surface area (Å²) < 4.78 is 0. The zero-order valence-corrected chi connectivity index (χ0v) is 24.3. The summed E-state index contributed by atoms with van der Waals surface area (Å²) in [6, 6.07) is 33.4. The normalized spacial score (nSPS) is 8.51. The molecule has 4 aromatic rings. The quantitative estimate of drug-likeness (QED) is 0.225. The molecule has 0 amide bonds. The van der Waals surface area contributed by atoms with Gasteiger partial charge >= 0.3 is 0 Å². The molecule has 0 N–H and O–H groups in total. The summed E-state index contributed by atoms with van der Waals surface area (Å²) in [5.74, 6) is 0. The van der Waals surface area contributed by atoms with Crippen molar-refractivity contribution in [3.63, 3.8) is 0 Å². The highest BCUT2D eigenvalue weighted by molar-refractivity contribution is 5.82. The maximum Gasteiger partial charge on any atom is 0.0487 e. The van der Waals surface area contributed by atoms with Crippen molar-refractivity contribution in [2.24, 2.45) is 10.2 Å². The first-order chi connectivity index (χ1) is 17.1. The van der Waals surface area contributed by atoms with Crippen molar-refractivity contribution >= 4 is 21.5 Å². The van der Waals surface area contributed by atoms with E-state index in [2.05, 4.69) is 149 Å². The highest BCUT2D eigenvalue weighted by Crippen LogP contribution is 2.12. The number of fused-ring (bicyclic) bond motifs is 2. The molecular formula is C33H52N2. The molecule has 0 heterocycles. The van der Waals surface area contributed by atoms with E-state index in [0.29, 0.717) is 0 Å². The minimum Gasteiger partial charge on any atom is -0.198 e. The average Bonchev–Trinajstić information content (AvgIpc) is 2.92. The van der Waals surface area contributed by atoms with E-state index < -0.39 is 0 Å². The fourth-order valence-electron chi connectivity index (χ4n) is 2.27. The van der Waals surface area contributed by atoms with Crippen LogP contribution in [0.4, 0.5) is 0 Å². The van der Waals surface area contributed by atoms with Crippen LogP contribution in [0, 0.1) is 0 Å². The summed E-state index contributed by atoms with van der Waals surface area (Å²) >= 11 is 0. The molecule has 0 aliphatic carbocycles. The van der Waals surface area contributed by atoms with Crippen molar-refractivity contribution in [1.29, 1.82) is 0 Å². The third kappa shape index (κ3) is 22.6. The highest BCUT2D eigenvalue weighted by atomic mass is 15.0. The van der Waals surface area contributed by atoms with Crippen molar-refractivity contribution < 1.29 is 0 Å². The van der Waals surface area contributed by atoms with Crippen LogP contribution in [0.2, 0.25) is 0 Å². The summed E-state index contributed by atoms with van der Waals surface area (Å²) in [6.07, 6.45) is 3.75. The molecular weight excluding hydrogens is 424 g/mol. The van der Waals surface area contributed by atoms with Crippen LogP contribution in [0.25, 0.3) is 21.5 Å². The number of benzene rings is 4. The average molecular weight is 477 g/mol. The lowest BCUT2D eigenvalue weighted by molar-refractivity contribution is 1.09. The molecule has 0 spiro atoms. The summed E-state index contributed by atoms with van der Waals surface area (Å²) in [5.41, 5.74) is 0. The molecule has 0 radical (unpaired) electrons. The molecule has 0 unspecified atom stereocenters. The molecule has 4 aromatic carbocycles. The molecule has 35 heavy (non-hydrogen) atoms. The first-order valence-electron chi connectivity index (χ1n) is 13.1. The Morgan fingerprint density at radius 2 is 0.486 bits per heavy atom. The summed E-state index contributed by atoms with van der Waals surface area (Å²) in [5, 5.41) is 12.0. The van der Waals surface area contributed by atoms with Gasteiger partial charge in [0, 0.05) is 14.1 Å². The Morgan fingerprint density at radius 1 is 0.371 bits per heavy atom. The van der Waals surface area contributed by atoms with E-state index >= 15 is 0 Å². The van der Waals surface area contributed by atoms with Gasteiger partial charge in [-0.2, -0.15) is 10.2 Å². The molecule has 0 fully saturated rings. The molecule has 0 bridgehead atoms. The summed E-state index contributed by atoms with van der Waals surface area (Å²) in [4.78, 5) is 0. The van der Waals surface area contributed by atoms with Crippen LogP contribution in [-0.2, 0) is 0 Å².